The molecule has 0 saturated heterocycles. The maximum atomic E-state index is 9.48. The van der Waals surface area contributed by atoms with Crippen molar-refractivity contribution in [2.75, 3.05) is 13.7 Å². The first kappa shape index (κ1) is 27.6. The Labute approximate surface area is 203 Å². The monoisotopic (exact) mass is 456 g/mol. The van der Waals surface area contributed by atoms with E-state index in [4.69, 9.17) is 9.84 Å². The lowest BCUT2D eigenvalue weighted by atomic mass is 9.68. The van der Waals surface area contributed by atoms with Gasteiger partial charge in [-0.1, -0.05) is 77.0 Å². The summed E-state index contributed by atoms with van der Waals surface area (Å²) in [5.41, 5.74) is 1.75. The van der Waals surface area contributed by atoms with E-state index >= 15 is 0 Å². The van der Waals surface area contributed by atoms with Crippen molar-refractivity contribution in [3.05, 3.63) is 42.0 Å². The molecule has 186 valence electrons. The second-order valence-corrected chi connectivity index (χ2v) is 10.3. The van der Waals surface area contributed by atoms with Crippen LogP contribution in [0.1, 0.15) is 108 Å². The molecule has 0 heterocycles. The van der Waals surface area contributed by atoms with E-state index < -0.39 is 0 Å². The molecule has 0 atom stereocenters. The topological polar surface area (TPSA) is 46.5 Å². The minimum Gasteiger partial charge on any atom is -0.497 e. The summed E-state index contributed by atoms with van der Waals surface area (Å²) in [5.74, 6) is 4.88. The van der Waals surface area contributed by atoms with Crippen LogP contribution in [0.25, 0.3) is 0 Å². The number of aliphatic hydroxyl groups excluding tert-OH is 1. The summed E-state index contributed by atoms with van der Waals surface area (Å²) in [6.07, 6.45) is 21.1. The van der Waals surface area contributed by atoms with Gasteiger partial charge in [0.2, 0.25) is 0 Å². The fourth-order valence-corrected chi connectivity index (χ4v) is 5.82. The summed E-state index contributed by atoms with van der Waals surface area (Å²) in [5, 5.41) is 8.00. The van der Waals surface area contributed by atoms with Crippen LogP contribution in [0.15, 0.2) is 36.4 Å². The quantitative estimate of drug-likeness (QED) is 0.209. The zero-order valence-electron chi connectivity index (χ0n) is 21.3. The fraction of sp³-hybridized carbons (Fsp3) is 0.700. The second-order valence-electron chi connectivity index (χ2n) is 10.3. The third kappa shape index (κ3) is 10.0. The number of carbonyl (C=O) groups is 1. The molecular formula is C30H48O3. The van der Waals surface area contributed by atoms with Gasteiger partial charge in [0, 0.05) is 5.57 Å². The Morgan fingerprint density at radius 1 is 0.939 bits per heavy atom. The van der Waals surface area contributed by atoms with E-state index in [1.807, 2.05) is 0 Å². The van der Waals surface area contributed by atoms with Crippen molar-refractivity contribution in [3.8, 4) is 5.75 Å². The number of aldehydes is 1. The smallest absolute Gasteiger partial charge is 0.147 e. The first-order chi connectivity index (χ1) is 16.1. The average molecular weight is 457 g/mol. The molecule has 1 aromatic carbocycles. The minimum atomic E-state index is -0.233. The van der Waals surface area contributed by atoms with E-state index in [-0.39, 0.29) is 12.2 Å². The largest absolute Gasteiger partial charge is 0.497 e. The van der Waals surface area contributed by atoms with Gasteiger partial charge in [-0.25, -0.2) is 0 Å². The van der Waals surface area contributed by atoms with Gasteiger partial charge in [-0.3, -0.25) is 4.79 Å². The van der Waals surface area contributed by atoms with Gasteiger partial charge < -0.3 is 9.84 Å². The van der Waals surface area contributed by atoms with E-state index in [9.17, 15) is 4.79 Å². The zero-order valence-corrected chi connectivity index (χ0v) is 21.3. The van der Waals surface area contributed by atoms with Gasteiger partial charge in [-0.15, -0.1) is 0 Å². The Bertz CT molecular complexity index is 650. The lowest BCUT2D eigenvalue weighted by molar-refractivity contribution is -0.105. The molecule has 2 aliphatic carbocycles. The van der Waals surface area contributed by atoms with Crippen molar-refractivity contribution in [2.45, 2.75) is 103 Å². The van der Waals surface area contributed by atoms with Gasteiger partial charge in [0.05, 0.1) is 13.7 Å². The van der Waals surface area contributed by atoms with Gasteiger partial charge in [0.25, 0.3) is 0 Å². The second kappa shape index (κ2) is 16.1. The first-order valence-corrected chi connectivity index (χ1v) is 13.5. The summed E-state index contributed by atoms with van der Waals surface area (Å²) in [6.45, 7) is 5.25. The summed E-state index contributed by atoms with van der Waals surface area (Å²) < 4.78 is 5.30. The highest BCUT2D eigenvalue weighted by molar-refractivity contribution is 5.72. The Kier molecular flexibility index (Phi) is 13.5. The van der Waals surface area contributed by atoms with Crippen LogP contribution in [0, 0.1) is 17.8 Å². The predicted octanol–water partition coefficient (Wildman–Crippen LogP) is 7.87. The van der Waals surface area contributed by atoms with Crippen LogP contribution in [0.4, 0.5) is 0 Å². The molecule has 0 bridgehead atoms. The lowest BCUT2D eigenvalue weighted by Gasteiger charge is -2.38. The average Bonchev–Trinajstić information content (AvgIpc) is 2.89. The minimum absolute atomic E-state index is 0.218. The number of ether oxygens (including phenoxy) is 1. The molecule has 3 heteroatoms. The van der Waals surface area contributed by atoms with Crippen molar-refractivity contribution in [3.63, 3.8) is 0 Å². The number of rotatable bonds is 11. The third-order valence-electron chi connectivity index (χ3n) is 8.00. The molecule has 2 fully saturated rings. The standard InChI is InChI=1S/C26H42O.C4H6O2/c1-3-4-5-6-7-8-21-9-11-22(12-10-21)23-13-15-24(16-14-23)25-17-19-26(27-2)20-18-25;1-4(2-5)3-6/h17-24H,3-16H2,1-2H3;2,6H,1,3H2. The molecule has 0 radical (unpaired) electrons. The van der Waals surface area contributed by atoms with E-state index in [1.54, 1.807) is 7.11 Å². The van der Waals surface area contributed by atoms with Crippen molar-refractivity contribution in [2.24, 2.45) is 17.8 Å². The maximum Gasteiger partial charge on any atom is 0.147 e. The Hall–Kier alpha value is -1.61. The molecule has 0 aliphatic heterocycles. The SMILES string of the molecule is C=C(C=O)CO.CCCCCCCC1CCC(C2CCC(c3ccc(OC)cc3)CC2)CC1. The predicted molar refractivity (Wildman–Crippen MR) is 139 cm³/mol. The molecule has 0 aromatic heterocycles. The third-order valence-corrected chi connectivity index (χ3v) is 8.00. The molecule has 0 unspecified atom stereocenters. The summed E-state index contributed by atoms with van der Waals surface area (Å²) in [4.78, 5) is 9.48. The van der Waals surface area contributed by atoms with Crippen molar-refractivity contribution in [1.82, 2.24) is 0 Å². The summed E-state index contributed by atoms with van der Waals surface area (Å²) in [7, 11) is 1.75. The fourth-order valence-electron chi connectivity index (χ4n) is 5.82. The highest BCUT2D eigenvalue weighted by Gasteiger charge is 2.31. The zero-order chi connectivity index (χ0) is 23.9. The number of benzene rings is 1. The molecule has 0 amide bonds. The number of methoxy groups -OCH3 is 1. The summed E-state index contributed by atoms with van der Waals surface area (Å²) >= 11 is 0. The molecule has 2 saturated carbocycles. The van der Waals surface area contributed by atoms with E-state index in [1.165, 1.54) is 95.5 Å². The van der Waals surface area contributed by atoms with Gasteiger partial charge in [-0.05, 0) is 79.9 Å². The Balaban J connectivity index is 0.000000569. The van der Waals surface area contributed by atoms with Crippen LogP contribution >= 0.6 is 0 Å². The van der Waals surface area contributed by atoms with Crippen LogP contribution in [0.5, 0.6) is 5.75 Å². The van der Waals surface area contributed by atoms with E-state index in [2.05, 4.69) is 37.8 Å². The van der Waals surface area contributed by atoms with Crippen LogP contribution in [-0.4, -0.2) is 25.1 Å². The molecule has 0 spiro atoms. The van der Waals surface area contributed by atoms with Crippen LogP contribution < -0.4 is 4.74 Å². The highest BCUT2D eigenvalue weighted by atomic mass is 16.5. The molecular weight excluding hydrogens is 408 g/mol. The molecule has 33 heavy (non-hydrogen) atoms. The van der Waals surface area contributed by atoms with E-state index in [0.717, 1.165) is 29.4 Å². The number of carbonyl (C=O) groups excluding carboxylic acids is 1. The van der Waals surface area contributed by atoms with Gasteiger partial charge >= 0.3 is 0 Å². The number of unbranched alkanes of at least 4 members (excludes halogenated alkanes) is 4. The van der Waals surface area contributed by atoms with Gasteiger partial charge in [-0.2, -0.15) is 0 Å². The van der Waals surface area contributed by atoms with Gasteiger partial charge in [0.15, 0.2) is 0 Å². The van der Waals surface area contributed by atoms with Crippen LogP contribution in [0.3, 0.4) is 0 Å². The molecule has 1 aromatic rings. The van der Waals surface area contributed by atoms with E-state index in [0.29, 0.717) is 6.29 Å². The van der Waals surface area contributed by atoms with Gasteiger partial charge in [0.1, 0.15) is 12.0 Å². The molecule has 2 aliphatic rings. The number of hydrogen-bond donors (Lipinski definition) is 1. The molecule has 3 nitrogen and oxygen atoms in total. The maximum absolute atomic E-state index is 9.48. The Morgan fingerprint density at radius 2 is 1.52 bits per heavy atom. The normalized spacial score (nSPS) is 24.9. The lowest BCUT2D eigenvalue weighted by Crippen LogP contribution is -2.25. The van der Waals surface area contributed by atoms with Crippen LogP contribution in [0.2, 0.25) is 0 Å². The first-order valence-electron chi connectivity index (χ1n) is 13.5. The molecule has 3 rings (SSSR count). The van der Waals surface area contributed by atoms with Crippen molar-refractivity contribution >= 4 is 6.29 Å². The van der Waals surface area contributed by atoms with Crippen molar-refractivity contribution < 1.29 is 14.6 Å². The summed E-state index contributed by atoms with van der Waals surface area (Å²) in [6, 6.07) is 8.83. The molecule has 1 N–H and O–H groups in total. The number of aliphatic hydroxyl groups is 1. The highest BCUT2D eigenvalue weighted by Crippen LogP contribution is 2.44. The number of hydrogen-bond acceptors (Lipinski definition) is 3. The van der Waals surface area contributed by atoms with Crippen molar-refractivity contribution in [1.29, 1.82) is 0 Å². The van der Waals surface area contributed by atoms with Crippen LogP contribution in [-0.2, 0) is 4.79 Å². The Morgan fingerprint density at radius 3 is 2.00 bits per heavy atom.